The molecule has 1 N–H and O–H groups in total. The molecule has 5 nitrogen and oxygen atoms in total. The molecular weight excluding hydrogens is 515 g/mol. The molecule has 0 radical (unpaired) electrons. The van der Waals surface area contributed by atoms with E-state index < -0.39 is 10.0 Å². The quantitative estimate of drug-likeness (QED) is 0.342. The van der Waals surface area contributed by atoms with Gasteiger partial charge in [0.25, 0.3) is 5.91 Å². The predicted octanol–water partition coefficient (Wildman–Crippen LogP) is 6.72. The van der Waals surface area contributed by atoms with Crippen molar-refractivity contribution in [3.05, 3.63) is 98.5 Å². The lowest BCUT2D eigenvalue weighted by Crippen LogP contribution is -2.30. The first-order valence-corrected chi connectivity index (χ1v) is 14.7. The Balaban J connectivity index is 1.52. The van der Waals surface area contributed by atoms with Crippen molar-refractivity contribution in [3.8, 4) is 0 Å². The van der Waals surface area contributed by atoms with Gasteiger partial charge in [0, 0.05) is 21.2 Å². The number of sulfonamides is 1. The van der Waals surface area contributed by atoms with Gasteiger partial charge in [-0.25, -0.2) is 8.42 Å². The van der Waals surface area contributed by atoms with Crippen molar-refractivity contribution in [2.24, 2.45) is 0 Å². The van der Waals surface area contributed by atoms with E-state index >= 15 is 0 Å². The number of nitrogens with one attached hydrogen (secondary N) is 1. The number of amides is 1. The van der Waals surface area contributed by atoms with Crippen molar-refractivity contribution >= 4 is 44.8 Å². The van der Waals surface area contributed by atoms with Gasteiger partial charge in [0.2, 0.25) is 10.0 Å². The molecule has 1 atom stereocenters. The van der Waals surface area contributed by atoms with Crippen molar-refractivity contribution in [1.29, 1.82) is 0 Å². The van der Waals surface area contributed by atoms with Crippen LogP contribution in [0.4, 0.5) is 5.69 Å². The summed E-state index contributed by atoms with van der Waals surface area (Å²) < 4.78 is 26.4. The van der Waals surface area contributed by atoms with Gasteiger partial charge in [0.1, 0.15) is 0 Å². The zero-order chi connectivity index (χ0) is 25.9. The van der Waals surface area contributed by atoms with Gasteiger partial charge >= 0.3 is 0 Å². The van der Waals surface area contributed by atoms with Crippen LogP contribution in [-0.2, 0) is 29.4 Å². The number of nitrogens with zero attached hydrogens (tertiary/aromatic N) is 1. The van der Waals surface area contributed by atoms with Crippen LogP contribution in [0.1, 0.15) is 64.8 Å². The second-order valence-electron chi connectivity index (χ2n) is 9.19. The Morgan fingerprint density at radius 1 is 0.972 bits per heavy atom. The molecular formula is C28H30Cl2N2O3S. The van der Waals surface area contributed by atoms with Gasteiger partial charge in [-0.3, -0.25) is 9.10 Å². The van der Waals surface area contributed by atoms with Gasteiger partial charge in [-0.1, -0.05) is 54.4 Å². The normalized spacial score (nSPS) is 14.1. The highest BCUT2D eigenvalue weighted by Crippen LogP contribution is 2.30. The number of halogens is 2. The minimum absolute atomic E-state index is 0.0148. The maximum absolute atomic E-state index is 13.1. The Labute approximate surface area is 223 Å². The van der Waals surface area contributed by atoms with Gasteiger partial charge in [-0.05, 0) is 85.2 Å². The molecule has 0 unspecified atom stereocenters. The van der Waals surface area contributed by atoms with E-state index in [-0.39, 0.29) is 18.5 Å². The molecule has 8 heteroatoms. The molecule has 0 aliphatic heterocycles. The van der Waals surface area contributed by atoms with Crippen molar-refractivity contribution in [1.82, 2.24) is 5.32 Å². The van der Waals surface area contributed by atoms with Crippen LogP contribution in [0.3, 0.4) is 0 Å². The van der Waals surface area contributed by atoms with Gasteiger partial charge < -0.3 is 5.32 Å². The lowest BCUT2D eigenvalue weighted by atomic mass is 9.88. The summed E-state index contributed by atoms with van der Waals surface area (Å²) in [6.45, 7) is 2.04. The van der Waals surface area contributed by atoms with E-state index in [1.165, 1.54) is 28.3 Å². The summed E-state index contributed by atoms with van der Waals surface area (Å²) in [5, 5.41) is 3.91. The third kappa shape index (κ3) is 6.05. The Bertz CT molecular complexity index is 1340. The highest BCUT2D eigenvalue weighted by atomic mass is 35.5. The largest absolute Gasteiger partial charge is 0.345 e. The summed E-state index contributed by atoms with van der Waals surface area (Å²) in [5.74, 6) is -0.203. The van der Waals surface area contributed by atoms with Crippen molar-refractivity contribution in [3.63, 3.8) is 0 Å². The number of hydrogen-bond acceptors (Lipinski definition) is 3. The molecule has 0 heterocycles. The van der Waals surface area contributed by atoms with E-state index in [1.807, 2.05) is 0 Å². The molecule has 0 aromatic heterocycles. The molecule has 3 aromatic rings. The Kier molecular flexibility index (Phi) is 8.28. The first kappa shape index (κ1) is 26.5. The first-order chi connectivity index (χ1) is 17.2. The minimum atomic E-state index is -3.63. The van der Waals surface area contributed by atoms with Gasteiger partial charge in [0.05, 0.1) is 24.5 Å². The fourth-order valence-corrected chi connectivity index (χ4v) is 6.02. The highest BCUT2D eigenvalue weighted by Gasteiger charge is 2.22. The van der Waals surface area contributed by atoms with Crippen LogP contribution < -0.4 is 9.62 Å². The molecule has 0 saturated heterocycles. The summed E-state index contributed by atoms with van der Waals surface area (Å²) in [5.41, 5.74) is 5.31. The summed E-state index contributed by atoms with van der Waals surface area (Å²) in [6, 6.07) is 18.0. The average Bonchev–Trinajstić information content (AvgIpc) is 2.86. The minimum Gasteiger partial charge on any atom is -0.345 e. The van der Waals surface area contributed by atoms with E-state index in [1.54, 1.807) is 42.5 Å². The molecule has 36 heavy (non-hydrogen) atoms. The van der Waals surface area contributed by atoms with Crippen LogP contribution in [0.25, 0.3) is 0 Å². The summed E-state index contributed by atoms with van der Waals surface area (Å²) in [6.07, 6.45) is 6.55. The van der Waals surface area contributed by atoms with Crippen LogP contribution in [0, 0.1) is 0 Å². The smallest absolute Gasteiger partial charge is 0.251 e. The van der Waals surface area contributed by atoms with Gasteiger partial charge in [-0.2, -0.15) is 0 Å². The van der Waals surface area contributed by atoms with Crippen LogP contribution in [0.5, 0.6) is 0 Å². The number of carbonyl (C=O) groups excluding carboxylic acids is 1. The maximum Gasteiger partial charge on any atom is 0.251 e. The van der Waals surface area contributed by atoms with Crippen LogP contribution in [-0.4, -0.2) is 20.6 Å². The molecule has 1 aliphatic carbocycles. The Morgan fingerprint density at radius 3 is 2.22 bits per heavy atom. The second-order valence-corrected chi connectivity index (χ2v) is 11.9. The lowest BCUT2D eigenvalue weighted by Gasteiger charge is -2.24. The third-order valence-electron chi connectivity index (χ3n) is 6.67. The SMILES string of the molecule is CC[C@H](NC(=O)c1ccc(N(Cc2c(Cl)cccc2Cl)S(C)(=O)=O)cc1)c1ccc2c(c1)CCCC2. The molecule has 0 bridgehead atoms. The fraction of sp³-hybridized carbons (Fsp3) is 0.321. The molecule has 4 rings (SSSR count). The Morgan fingerprint density at radius 2 is 1.61 bits per heavy atom. The molecule has 3 aromatic carbocycles. The molecule has 1 aliphatic rings. The van der Waals surface area contributed by atoms with Crippen LogP contribution >= 0.6 is 23.2 Å². The number of anilines is 1. The van der Waals surface area contributed by atoms with E-state index in [4.69, 9.17) is 23.2 Å². The van der Waals surface area contributed by atoms with Crippen molar-refractivity contribution in [2.45, 2.75) is 51.6 Å². The zero-order valence-corrected chi connectivity index (χ0v) is 22.8. The average molecular weight is 546 g/mol. The predicted molar refractivity (Wildman–Crippen MR) is 148 cm³/mol. The number of hydrogen-bond donors (Lipinski definition) is 1. The lowest BCUT2D eigenvalue weighted by molar-refractivity contribution is 0.0935. The van der Waals surface area contributed by atoms with Crippen LogP contribution in [0.15, 0.2) is 60.7 Å². The number of aryl methyl sites for hydroxylation is 2. The second kappa shape index (κ2) is 11.2. The topological polar surface area (TPSA) is 66.5 Å². The number of fused-ring (bicyclic) bond motifs is 1. The molecule has 0 saturated carbocycles. The first-order valence-electron chi connectivity index (χ1n) is 12.1. The standard InChI is InChI=1S/C28H30Cl2N2O3S/c1-3-27(22-12-11-19-7-4-5-8-21(19)17-22)31-28(33)20-13-15-23(16-14-20)32(36(2,34)35)18-24-25(29)9-6-10-26(24)30/h6,9-17,27H,3-5,7-8,18H2,1-2H3,(H,31,33)/t27-/m0/s1. The van der Waals surface area contributed by atoms with E-state index in [2.05, 4.69) is 30.4 Å². The highest BCUT2D eigenvalue weighted by molar-refractivity contribution is 7.92. The molecule has 0 fully saturated rings. The summed E-state index contributed by atoms with van der Waals surface area (Å²) in [7, 11) is -3.63. The monoisotopic (exact) mass is 544 g/mol. The molecule has 1 amide bonds. The van der Waals surface area contributed by atoms with Gasteiger partial charge in [-0.15, -0.1) is 0 Å². The third-order valence-corrected chi connectivity index (χ3v) is 8.52. The van der Waals surface area contributed by atoms with E-state index in [0.717, 1.165) is 31.1 Å². The zero-order valence-electron chi connectivity index (χ0n) is 20.4. The van der Waals surface area contributed by atoms with Gasteiger partial charge in [0.15, 0.2) is 0 Å². The molecule has 0 spiro atoms. The number of rotatable bonds is 8. The van der Waals surface area contributed by atoms with Crippen molar-refractivity contribution < 1.29 is 13.2 Å². The summed E-state index contributed by atoms with van der Waals surface area (Å²) >= 11 is 12.5. The van der Waals surface area contributed by atoms with Crippen molar-refractivity contribution in [2.75, 3.05) is 10.6 Å². The molecule has 190 valence electrons. The number of carbonyl (C=O) groups is 1. The van der Waals surface area contributed by atoms with E-state index in [0.29, 0.717) is 26.9 Å². The van der Waals surface area contributed by atoms with E-state index in [9.17, 15) is 13.2 Å². The van der Waals surface area contributed by atoms with Crippen LogP contribution in [0.2, 0.25) is 10.0 Å². The fourth-order valence-electron chi connectivity index (χ4n) is 4.64. The maximum atomic E-state index is 13.1. The number of benzene rings is 3. The summed E-state index contributed by atoms with van der Waals surface area (Å²) in [4.78, 5) is 13.1. The Hall–Kier alpha value is -2.54.